The van der Waals surface area contributed by atoms with E-state index in [9.17, 15) is 4.79 Å². The molecule has 1 N–H and O–H groups in total. The van der Waals surface area contributed by atoms with Crippen molar-refractivity contribution in [2.75, 3.05) is 20.3 Å². The Balaban J connectivity index is 3.32. The largest absolute Gasteiger partial charge is 0.496 e. The molecule has 0 aliphatic carbocycles. The summed E-state index contributed by atoms with van der Waals surface area (Å²) >= 11 is 0. The van der Waals surface area contributed by atoms with Gasteiger partial charge in [-0.05, 0) is 29.5 Å². The summed E-state index contributed by atoms with van der Waals surface area (Å²) in [6.45, 7) is 8.09. The highest BCUT2D eigenvalue weighted by molar-refractivity contribution is 5.90. The number of aryl methyl sites for hydroxylation is 1. The Bertz CT molecular complexity index is 472. The van der Waals surface area contributed by atoms with E-state index in [4.69, 9.17) is 14.6 Å². The van der Waals surface area contributed by atoms with Crippen molar-refractivity contribution in [2.24, 2.45) is 0 Å². The van der Waals surface area contributed by atoms with Gasteiger partial charge in [-0.15, -0.1) is 0 Å². The number of aliphatic hydroxyl groups is 1. The number of hydrogen-bond acceptors (Lipinski definition) is 4. The molecule has 4 nitrogen and oxygen atoms in total. The van der Waals surface area contributed by atoms with Gasteiger partial charge in [0, 0.05) is 5.56 Å². The molecule has 4 heteroatoms. The summed E-state index contributed by atoms with van der Waals surface area (Å²) in [7, 11) is 1.65. The van der Waals surface area contributed by atoms with Crippen molar-refractivity contribution in [3.63, 3.8) is 0 Å². The number of rotatable bonds is 5. The number of aliphatic hydroxyl groups excluding tert-OH is 1. The molecule has 0 atom stereocenters. The average molecular weight is 280 g/mol. The van der Waals surface area contributed by atoms with Crippen molar-refractivity contribution in [1.29, 1.82) is 0 Å². The monoisotopic (exact) mass is 280 g/mol. The zero-order chi connectivity index (χ0) is 15.3. The van der Waals surface area contributed by atoms with E-state index in [0.717, 1.165) is 23.3 Å². The van der Waals surface area contributed by atoms with E-state index < -0.39 is 5.97 Å². The normalized spacial score (nSPS) is 11.3. The molecule has 0 bridgehead atoms. The van der Waals surface area contributed by atoms with Crippen LogP contribution in [0.4, 0.5) is 0 Å². The molecule has 1 aromatic carbocycles. The van der Waals surface area contributed by atoms with Crippen molar-refractivity contribution in [1.82, 2.24) is 0 Å². The van der Waals surface area contributed by atoms with Gasteiger partial charge in [-0.3, -0.25) is 0 Å². The second-order valence-electron chi connectivity index (χ2n) is 5.68. The van der Waals surface area contributed by atoms with Gasteiger partial charge in [-0.2, -0.15) is 0 Å². The van der Waals surface area contributed by atoms with Gasteiger partial charge in [0.1, 0.15) is 12.4 Å². The molecular weight excluding hydrogens is 256 g/mol. The minimum absolute atomic E-state index is 0.0111. The molecule has 20 heavy (non-hydrogen) atoms. The molecule has 0 saturated heterocycles. The third kappa shape index (κ3) is 3.73. The molecule has 0 spiro atoms. The minimum Gasteiger partial charge on any atom is -0.496 e. The SMILES string of the molecule is CCc1cc(C(=O)OCCO)cc(C(C)(C)C)c1OC. The van der Waals surface area contributed by atoms with Gasteiger partial charge in [0.15, 0.2) is 0 Å². The summed E-state index contributed by atoms with van der Waals surface area (Å²) < 4.78 is 10.5. The van der Waals surface area contributed by atoms with E-state index >= 15 is 0 Å². The molecule has 1 aromatic rings. The highest BCUT2D eigenvalue weighted by Crippen LogP contribution is 2.35. The van der Waals surface area contributed by atoms with Crippen molar-refractivity contribution in [3.05, 3.63) is 28.8 Å². The van der Waals surface area contributed by atoms with E-state index in [1.54, 1.807) is 13.2 Å². The van der Waals surface area contributed by atoms with Gasteiger partial charge >= 0.3 is 5.97 Å². The first-order valence-corrected chi connectivity index (χ1v) is 6.84. The quantitative estimate of drug-likeness (QED) is 0.843. The van der Waals surface area contributed by atoms with Gasteiger partial charge in [-0.1, -0.05) is 27.7 Å². The zero-order valence-electron chi connectivity index (χ0n) is 12.9. The first-order chi connectivity index (χ1) is 9.35. The Labute approximate surface area is 120 Å². The van der Waals surface area contributed by atoms with Crippen molar-refractivity contribution in [2.45, 2.75) is 39.5 Å². The predicted octanol–water partition coefficient (Wildman–Crippen LogP) is 2.70. The maximum absolute atomic E-state index is 12.0. The van der Waals surface area contributed by atoms with Crippen molar-refractivity contribution < 1.29 is 19.4 Å². The molecule has 0 unspecified atom stereocenters. The van der Waals surface area contributed by atoms with Crippen LogP contribution in [0.1, 0.15) is 49.2 Å². The average Bonchev–Trinajstić information content (AvgIpc) is 2.41. The van der Waals surface area contributed by atoms with Crippen LogP contribution in [0.15, 0.2) is 12.1 Å². The molecule has 0 fully saturated rings. The fourth-order valence-electron chi connectivity index (χ4n) is 2.09. The van der Waals surface area contributed by atoms with E-state index in [-0.39, 0.29) is 18.6 Å². The fourth-order valence-corrected chi connectivity index (χ4v) is 2.09. The molecule has 0 saturated carbocycles. The van der Waals surface area contributed by atoms with E-state index in [1.807, 2.05) is 13.0 Å². The Hall–Kier alpha value is -1.55. The number of ether oxygens (including phenoxy) is 2. The van der Waals surface area contributed by atoms with Gasteiger partial charge in [0.25, 0.3) is 0 Å². The summed E-state index contributed by atoms with van der Waals surface area (Å²) in [4.78, 5) is 12.0. The first kappa shape index (κ1) is 16.5. The number of carbonyl (C=O) groups excluding carboxylic acids is 1. The zero-order valence-corrected chi connectivity index (χ0v) is 12.9. The molecular formula is C16H24O4. The highest BCUT2D eigenvalue weighted by atomic mass is 16.5. The number of benzene rings is 1. The second-order valence-corrected chi connectivity index (χ2v) is 5.68. The summed E-state index contributed by atoms with van der Waals surface area (Å²) in [5, 5.41) is 8.73. The lowest BCUT2D eigenvalue weighted by Gasteiger charge is -2.24. The standard InChI is InChI=1S/C16H24O4/c1-6-11-9-12(15(18)20-8-7-17)10-13(14(11)19-5)16(2,3)4/h9-10,17H,6-8H2,1-5H3. The van der Waals surface area contributed by atoms with Crippen LogP contribution in [-0.4, -0.2) is 31.4 Å². The van der Waals surface area contributed by atoms with Gasteiger partial charge in [-0.25, -0.2) is 4.79 Å². The molecule has 0 heterocycles. The van der Waals surface area contributed by atoms with Crippen molar-refractivity contribution >= 4 is 5.97 Å². The summed E-state index contributed by atoms with van der Waals surface area (Å²) in [6, 6.07) is 3.62. The van der Waals surface area contributed by atoms with E-state index in [2.05, 4.69) is 20.8 Å². The van der Waals surface area contributed by atoms with E-state index in [0.29, 0.717) is 5.56 Å². The lowest BCUT2D eigenvalue weighted by atomic mass is 9.83. The van der Waals surface area contributed by atoms with Crippen LogP contribution >= 0.6 is 0 Å². The summed E-state index contributed by atoms with van der Waals surface area (Å²) in [6.07, 6.45) is 0.771. The van der Waals surface area contributed by atoms with Crippen LogP contribution in [0, 0.1) is 0 Å². The van der Waals surface area contributed by atoms with Crippen LogP contribution < -0.4 is 4.74 Å². The highest BCUT2D eigenvalue weighted by Gasteiger charge is 2.23. The molecule has 0 amide bonds. The van der Waals surface area contributed by atoms with Gasteiger partial charge in [0.2, 0.25) is 0 Å². The molecule has 1 rings (SSSR count). The smallest absolute Gasteiger partial charge is 0.338 e. The fraction of sp³-hybridized carbons (Fsp3) is 0.562. The molecule has 0 radical (unpaired) electrons. The summed E-state index contributed by atoms with van der Waals surface area (Å²) in [5.41, 5.74) is 2.33. The molecule has 0 aliphatic rings. The molecule has 112 valence electrons. The molecule has 0 aromatic heterocycles. The Morgan fingerprint density at radius 1 is 1.30 bits per heavy atom. The lowest BCUT2D eigenvalue weighted by molar-refractivity contribution is 0.0433. The number of hydrogen-bond donors (Lipinski definition) is 1. The van der Waals surface area contributed by atoms with Crippen LogP contribution in [0.25, 0.3) is 0 Å². The predicted molar refractivity (Wildman–Crippen MR) is 78.4 cm³/mol. The Morgan fingerprint density at radius 2 is 1.95 bits per heavy atom. The van der Waals surface area contributed by atoms with Gasteiger partial charge in [0.05, 0.1) is 19.3 Å². The number of carbonyl (C=O) groups is 1. The third-order valence-corrected chi connectivity index (χ3v) is 3.12. The summed E-state index contributed by atoms with van der Waals surface area (Å²) in [5.74, 6) is 0.417. The van der Waals surface area contributed by atoms with Crippen LogP contribution in [0.2, 0.25) is 0 Å². The molecule has 0 aliphatic heterocycles. The number of methoxy groups -OCH3 is 1. The van der Waals surface area contributed by atoms with Crippen LogP contribution in [0.3, 0.4) is 0 Å². The topological polar surface area (TPSA) is 55.8 Å². The van der Waals surface area contributed by atoms with Crippen LogP contribution in [-0.2, 0) is 16.6 Å². The van der Waals surface area contributed by atoms with Crippen molar-refractivity contribution in [3.8, 4) is 5.75 Å². The maximum atomic E-state index is 12.0. The lowest BCUT2D eigenvalue weighted by Crippen LogP contribution is -2.17. The first-order valence-electron chi connectivity index (χ1n) is 6.84. The van der Waals surface area contributed by atoms with Gasteiger partial charge < -0.3 is 14.6 Å². The number of esters is 1. The minimum atomic E-state index is -0.415. The third-order valence-electron chi connectivity index (χ3n) is 3.12. The van der Waals surface area contributed by atoms with E-state index in [1.165, 1.54) is 0 Å². The second kappa shape index (κ2) is 6.75. The maximum Gasteiger partial charge on any atom is 0.338 e. The Morgan fingerprint density at radius 3 is 2.40 bits per heavy atom. The Kier molecular flexibility index (Phi) is 5.57. The van der Waals surface area contributed by atoms with Crippen LogP contribution in [0.5, 0.6) is 5.75 Å².